The molecule has 6 nitrogen and oxygen atoms in total. The largest absolute Gasteiger partial charge is 0.335 e. The third kappa shape index (κ3) is 4.12. The molecule has 8 heteroatoms. The van der Waals surface area contributed by atoms with Gasteiger partial charge in [0.15, 0.2) is 0 Å². The van der Waals surface area contributed by atoms with Crippen molar-refractivity contribution in [1.82, 2.24) is 14.5 Å². The molecule has 1 aromatic rings. The van der Waals surface area contributed by atoms with Crippen LogP contribution < -0.4 is 5.32 Å². The molecule has 0 spiro atoms. The predicted octanol–water partition coefficient (Wildman–Crippen LogP) is 0.665. The Kier molecular flexibility index (Phi) is 5.17. The van der Waals surface area contributed by atoms with Crippen LogP contribution in [0.1, 0.15) is 23.2 Å². The van der Waals surface area contributed by atoms with Gasteiger partial charge in [-0.15, -0.1) is 0 Å². The van der Waals surface area contributed by atoms with Crippen LogP contribution in [-0.2, 0) is 10.0 Å². The molecule has 1 heterocycles. The van der Waals surface area contributed by atoms with E-state index in [1.54, 1.807) is 4.90 Å². The second-order valence-corrected chi connectivity index (χ2v) is 8.29. The molecule has 24 heavy (non-hydrogen) atoms. The quantitative estimate of drug-likeness (QED) is 0.814. The molecular formula is C16H22FN3O3S. The van der Waals surface area contributed by atoms with Crippen molar-refractivity contribution in [2.75, 3.05) is 38.5 Å². The fourth-order valence-corrected chi connectivity index (χ4v) is 4.28. The molecule has 1 aromatic carbocycles. The topological polar surface area (TPSA) is 69.7 Å². The highest BCUT2D eigenvalue weighted by atomic mass is 32.2. The molecule has 0 atom stereocenters. The summed E-state index contributed by atoms with van der Waals surface area (Å²) in [4.78, 5) is 14.2. The fraction of sp³-hybridized carbons (Fsp3) is 0.562. The summed E-state index contributed by atoms with van der Waals surface area (Å²) in [5.74, 6) is -0.699. The van der Waals surface area contributed by atoms with Crippen LogP contribution in [-0.4, -0.2) is 68.0 Å². The molecule has 1 saturated carbocycles. The van der Waals surface area contributed by atoms with Crippen LogP contribution in [0, 0.1) is 5.82 Å². The van der Waals surface area contributed by atoms with Gasteiger partial charge in [-0.3, -0.25) is 4.79 Å². The highest BCUT2D eigenvalue weighted by Gasteiger charge is 2.34. The number of amides is 1. The summed E-state index contributed by atoms with van der Waals surface area (Å²) in [6.45, 7) is 2.42. The van der Waals surface area contributed by atoms with Gasteiger partial charge in [0.2, 0.25) is 10.0 Å². The highest BCUT2D eigenvalue weighted by Crippen LogP contribution is 2.28. The molecule has 1 amide bonds. The second kappa shape index (κ2) is 7.16. The predicted molar refractivity (Wildman–Crippen MR) is 88.7 cm³/mol. The lowest BCUT2D eigenvalue weighted by Crippen LogP contribution is -2.48. The number of halogens is 1. The van der Waals surface area contributed by atoms with Gasteiger partial charge in [0.1, 0.15) is 5.82 Å². The molecule has 0 aromatic heterocycles. The van der Waals surface area contributed by atoms with Crippen molar-refractivity contribution in [2.45, 2.75) is 18.9 Å². The number of carbonyl (C=O) groups is 1. The van der Waals surface area contributed by atoms with E-state index in [1.165, 1.54) is 28.6 Å². The average molecular weight is 355 g/mol. The lowest BCUT2D eigenvalue weighted by Gasteiger charge is -2.28. The minimum atomic E-state index is -3.37. The summed E-state index contributed by atoms with van der Waals surface area (Å²) in [7, 11) is -3.37. The molecule has 0 radical (unpaired) electrons. The van der Waals surface area contributed by atoms with E-state index in [0.29, 0.717) is 31.7 Å². The van der Waals surface area contributed by atoms with Gasteiger partial charge in [-0.2, -0.15) is 4.31 Å². The number of nitrogens with zero attached hydrogens (tertiary/aromatic N) is 2. The molecule has 1 N–H and O–H groups in total. The van der Waals surface area contributed by atoms with Gasteiger partial charge < -0.3 is 10.2 Å². The number of benzene rings is 1. The second-order valence-electron chi connectivity index (χ2n) is 6.20. The molecule has 1 aliphatic heterocycles. The zero-order valence-electron chi connectivity index (χ0n) is 13.4. The van der Waals surface area contributed by atoms with Crippen molar-refractivity contribution in [3.8, 4) is 0 Å². The van der Waals surface area contributed by atoms with Crippen LogP contribution in [0.5, 0.6) is 0 Å². The van der Waals surface area contributed by atoms with E-state index in [2.05, 4.69) is 5.32 Å². The minimum absolute atomic E-state index is 0.0730. The number of hydrogen-bond donors (Lipinski definition) is 1. The summed E-state index contributed by atoms with van der Waals surface area (Å²) < 4.78 is 39.4. The zero-order chi connectivity index (χ0) is 17.2. The van der Waals surface area contributed by atoms with E-state index < -0.39 is 15.8 Å². The van der Waals surface area contributed by atoms with Gasteiger partial charge in [0.05, 0.1) is 5.75 Å². The maximum atomic E-state index is 13.0. The molecule has 2 fully saturated rings. The molecule has 0 bridgehead atoms. The van der Waals surface area contributed by atoms with Crippen molar-refractivity contribution in [3.63, 3.8) is 0 Å². The van der Waals surface area contributed by atoms with E-state index >= 15 is 0 Å². The van der Waals surface area contributed by atoms with E-state index in [9.17, 15) is 17.6 Å². The fourth-order valence-electron chi connectivity index (χ4n) is 2.86. The van der Waals surface area contributed by atoms with E-state index in [4.69, 9.17) is 0 Å². The summed E-state index contributed by atoms with van der Waals surface area (Å²) in [5, 5.41) is 3.12. The first kappa shape index (κ1) is 17.3. The minimum Gasteiger partial charge on any atom is -0.335 e. The standard InChI is InChI=1S/C16H22FN3O3S/c17-14-3-1-13(2-4-14)16(21)20(15-5-6-15)11-12-24(22,23)19-9-7-18-8-10-19/h1-4,15,18H,5-12H2. The van der Waals surface area contributed by atoms with Gasteiger partial charge in [0.25, 0.3) is 5.91 Å². The highest BCUT2D eigenvalue weighted by molar-refractivity contribution is 7.89. The average Bonchev–Trinajstić information content (AvgIpc) is 3.41. The Morgan fingerprint density at radius 1 is 1.21 bits per heavy atom. The lowest BCUT2D eigenvalue weighted by atomic mass is 10.2. The Hall–Kier alpha value is -1.51. The first-order valence-corrected chi connectivity index (χ1v) is 9.83. The van der Waals surface area contributed by atoms with Crippen LogP contribution in [0.15, 0.2) is 24.3 Å². The van der Waals surface area contributed by atoms with Gasteiger partial charge in [-0.1, -0.05) is 0 Å². The molecule has 132 valence electrons. The third-order valence-electron chi connectivity index (χ3n) is 4.40. The van der Waals surface area contributed by atoms with E-state index in [-0.39, 0.29) is 24.2 Å². The zero-order valence-corrected chi connectivity index (χ0v) is 14.3. The van der Waals surface area contributed by atoms with E-state index in [1.807, 2.05) is 0 Å². The Morgan fingerprint density at radius 3 is 2.42 bits per heavy atom. The van der Waals surface area contributed by atoms with Gasteiger partial charge in [-0.25, -0.2) is 12.8 Å². The first-order chi connectivity index (χ1) is 11.5. The number of piperazine rings is 1. The maximum absolute atomic E-state index is 13.0. The number of carbonyl (C=O) groups excluding carboxylic acids is 1. The summed E-state index contributed by atoms with van der Waals surface area (Å²) >= 11 is 0. The summed E-state index contributed by atoms with van der Waals surface area (Å²) in [6, 6.07) is 5.47. The maximum Gasteiger partial charge on any atom is 0.254 e. The van der Waals surface area contributed by atoms with E-state index in [0.717, 1.165) is 12.8 Å². The molecule has 0 unspecified atom stereocenters. The molecular weight excluding hydrogens is 333 g/mol. The van der Waals surface area contributed by atoms with Crippen LogP contribution in [0.2, 0.25) is 0 Å². The smallest absolute Gasteiger partial charge is 0.254 e. The molecule has 1 aliphatic carbocycles. The normalized spacial score (nSPS) is 19.2. The van der Waals surface area contributed by atoms with Crippen molar-refractivity contribution in [3.05, 3.63) is 35.6 Å². The van der Waals surface area contributed by atoms with Gasteiger partial charge >= 0.3 is 0 Å². The summed E-state index contributed by atoms with van der Waals surface area (Å²) in [6.07, 6.45) is 1.78. The SMILES string of the molecule is O=C(c1ccc(F)cc1)N(CCS(=O)(=O)N1CCNCC1)C1CC1. The number of hydrogen-bond acceptors (Lipinski definition) is 4. The lowest BCUT2D eigenvalue weighted by molar-refractivity contribution is 0.0753. The Balaban J connectivity index is 1.66. The van der Waals surface area contributed by atoms with Crippen LogP contribution in [0.4, 0.5) is 4.39 Å². The number of sulfonamides is 1. The van der Waals surface area contributed by atoms with Crippen molar-refractivity contribution in [2.24, 2.45) is 0 Å². The van der Waals surface area contributed by atoms with Gasteiger partial charge in [-0.05, 0) is 37.1 Å². The van der Waals surface area contributed by atoms with Crippen molar-refractivity contribution >= 4 is 15.9 Å². The number of nitrogens with one attached hydrogen (secondary N) is 1. The monoisotopic (exact) mass is 355 g/mol. The Labute approximate surface area is 141 Å². The first-order valence-electron chi connectivity index (χ1n) is 8.22. The van der Waals surface area contributed by atoms with Gasteiger partial charge in [0, 0.05) is 44.3 Å². The van der Waals surface area contributed by atoms with Crippen molar-refractivity contribution in [1.29, 1.82) is 0 Å². The van der Waals surface area contributed by atoms with Crippen LogP contribution in [0.25, 0.3) is 0 Å². The number of rotatable bonds is 6. The van der Waals surface area contributed by atoms with Crippen molar-refractivity contribution < 1.29 is 17.6 Å². The molecule has 1 saturated heterocycles. The third-order valence-corrected chi connectivity index (χ3v) is 6.25. The Morgan fingerprint density at radius 2 is 1.83 bits per heavy atom. The molecule has 2 aliphatic rings. The Bertz CT molecular complexity index is 683. The molecule has 3 rings (SSSR count). The van der Waals surface area contributed by atoms with Crippen LogP contribution in [0.3, 0.4) is 0 Å². The van der Waals surface area contributed by atoms with Crippen LogP contribution >= 0.6 is 0 Å². The summed E-state index contributed by atoms with van der Waals surface area (Å²) in [5.41, 5.74) is 0.392.